The Hall–Kier alpha value is -1.67. The van der Waals surface area contributed by atoms with Crippen molar-refractivity contribution < 1.29 is 19.4 Å². The van der Waals surface area contributed by atoms with E-state index in [2.05, 4.69) is 25.2 Å². The van der Waals surface area contributed by atoms with Crippen molar-refractivity contribution in [3.63, 3.8) is 0 Å². The van der Waals surface area contributed by atoms with Gasteiger partial charge in [-0.1, -0.05) is 39.7 Å². The zero-order valence-electron chi connectivity index (χ0n) is 12.4. The quantitative estimate of drug-likeness (QED) is 0.243. The summed E-state index contributed by atoms with van der Waals surface area (Å²) < 4.78 is 4.41. The third kappa shape index (κ3) is 7.05. The molecule has 1 atom stereocenters. The molecule has 112 valence electrons. The average Bonchev–Trinajstić information content (AvgIpc) is 2.36. The Balaban J connectivity index is 4.16. The lowest BCUT2D eigenvalue weighted by Crippen LogP contribution is -2.38. The highest BCUT2D eigenvalue weighted by molar-refractivity contribution is 6.00. The first-order valence-electron chi connectivity index (χ1n) is 6.78. The fraction of sp³-hybridized carbons (Fsp3) is 0.667. The lowest BCUT2D eigenvalue weighted by molar-refractivity contribution is -0.171. The molecule has 0 saturated heterocycles. The first kappa shape index (κ1) is 18.3. The number of rotatable bonds is 8. The highest BCUT2D eigenvalue weighted by Crippen LogP contribution is 2.18. The van der Waals surface area contributed by atoms with Crippen LogP contribution in [0.4, 0.5) is 0 Å². The number of nitrogens with zero attached hydrogens (tertiary/aromatic N) is 1. The number of aliphatic hydroxyl groups is 1. The third-order valence-corrected chi connectivity index (χ3v) is 2.95. The van der Waals surface area contributed by atoms with E-state index < -0.39 is 23.1 Å². The Morgan fingerprint density at radius 3 is 2.45 bits per heavy atom. The molecule has 0 aliphatic carbocycles. The zero-order chi connectivity index (χ0) is 15.8. The van der Waals surface area contributed by atoms with E-state index in [1.165, 1.54) is 13.0 Å². The second-order valence-electron chi connectivity index (χ2n) is 5.53. The predicted molar refractivity (Wildman–Crippen MR) is 74.4 cm³/mol. The standard InChI is InChI=1S/C15H23NO4/c1-11(2)8-6-5-7-9-15(4,19)14(18)20-13(17)12(3)10-16/h11,19H,3,5-9H2,1-2,4H3. The molecule has 0 aromatic rings. The maximum absolute atomic E-state index is 11.6. The molecule has 20 heavy (non-hydrogen) atoms. The third-order valence-electron chi connectivity index (χ3n) is 2.95. The molecule has 0 amide bonds. The molecule has 1 N–H and O–H groups in total. The SMILES string of the molecule is C=C(C#N)C(=O)OC(=O)C(C)(O)CCCCCC(C)C. The van der Waals surface area contributed by atoms with Gasteiger partial charge in [-0.25, -0.2) is 9.59 Å². The lowest BCUT2D eigenvalue weighted by atomic mass is 9.97. The number of unbranched alkanes of at least 4 members (excludes halogenated alkanes) is 2. The molecule has 0 aliphatic rings. The number of hydrogen-bond donors (Lipinski definition) is 1. The Kier molecular flexibility index (Phi) is 7.78. The molecule has 0 bridgehead atoms. The molecule has 0 rings (SSSR count). The molecule has 0 aliphatic heterocycles. The van der Waals surface area contributed by atoms with E-state index in [0.717, 1.165) is 19.3 Å². The summed E-state index contributed by atoms with van der Waals surface area (Å²) >= 11 is 0. The van der Waals surface area contributed by atoms with Gasteiger partial charge in [0.05, 0.1) is 0 Å². The van der Waals surface area contributed by atoms with Crippen LogP contribution in [0.5, 0.6) is 0 Å². The molecule has 0 fully saturated rings. The second kappa shape index (κ2) is 8.49. The van der Waals surface area contributed by atoms with Gasteiger partial charge in [0.1, 0.15) is 11.6 Å². The van der Waals surface area contributed by atoms with Crippen LogP contribution in [0.3, 0.4) is 0 Å². The molecule has 0 aromatic carbocycles. The Bertz CT molecular complexity index is 405. The highest BCUT2D eigenvalue weighted by atomic mass is 16.6. The van der Waals surface area contributed by atoms with Gasteiger partial charge in [0.25, 0.3) is 0 Å². The molecule has 1 unspecified atom stereocenters. The second-order valence-corrected chi connectivity index (χ2v) is 5.53. The average molecular weight is 281 g/mol. The lowest BCUT2D eigenvalue weighted by Gasteiger charge is -2.20. The number of carbonyl (C=O) groups excluding carboxylic acids is 2. The van der Waals surface area contributed by atoms with Gasteiger partial charge in [-0.3, -0.25) is 0 Å². The van der Waals surface area contributed by atoms with Crippen LogP contribution in [0, 0.1) is 17.2 Å². The summed E-state index contributed by atoms with van der Waals surface area (Å²) in [5.74, 6) is -1.52. The summed E-state index contributed by atoms with van der Waals surface area (Å²) in [6.45, 7) is 8.73. The van der Waals surface area contributed by atoms with Crippen molar-refractivity contribution in [3.8, 4) is 6.07 Å². The first-order valence-corrected chi connectivity index (χ1v) is 6.78. The number of hydrogen-bond acceptors (Lipinski definition) is 5. The predicted octanol–water partition coefficient (Wildman–Crippen LogP) is 2.49. The van der Waals surface area contributed by atoms with Gasteiger partial charge in [0, 0.05) is 0 Å². The van der Waals surface area contributed by atoms with Crippen molar-refractivity contribution >= 4 is 11.9 Å². The zero-order valence-corrected chi connectivity index (χ0v) is 12.4. The summed E-state index contributed by atoms with van der Waals surface area (Å²) in [5, 5.41) is 18.4. The van der Waals surface area contributed by atoms with E-state index in [0.29, 0.717) is 12.3 Å². The Labute approximate surface area is 120 Å². The fourth-order valence-corrected chi connectivity index (χ4v) is 1.60. The summed E-state index contributed by atoms with van der Waals surface area (Å²) in [7, 11) is 0. The van der Waals surface area contributed by atoms with Crippen LogP contribution >= 0.6 is 0 Å². The van der Waals surface area contributed by atoms with Gasteiger partial charge in [-0.05, 0) is 25.7 Å². The summed E-state index contributed by atoms with van der Waals surface area (Å²) in [4.78, 5) is 22.8. The molecule has 0 spiro atoms. The maximum Gasteiger partial charge on any atom is 0.355 e. The highest BCUT2D eigenvalue weighted by Gasteiger charge is 2.33. The maximum atomic E-state index is 11.6. The smallest absolute Gasteiger partial charge is 0.355 e. The summed E-state index contributed by atoms with van der Waals surface area (Å²) in [5.41, 5.74) is -2.19. The van der Waals surface area contributed by atoms with Gasteiger partial charge in [0.15, 0.2) is 5.60 Å². The van der Waals surface area contributed by atoms with E-state index in [1.807, 2.05) is 0 Å². The molecule has 0 saturated carbocycles. The van der Waals surface area contributed by atoms with Gasteiger partial charge >= 0.3 is 11.9 Å². The largest absolute Gasteiger partial charge is 0.387 e. The Morgan fingerprint density at radius 2 is 1.95 bits per heavy atom. The monoisotopic (exact) mass is 281 g/mol. The fourth-order valence-electron chi connectivity index (χ4n) is 1.60. The Morgan fingerprint density at radius 1 is 1.35 bits per heavy atom. The number of esters is 2. The summed E-state index contributed by atoms with van der Waals surface area (Å²) in [6, 6.07) is 1.49. The van der Waals surface area contributed by atoms with E-state index >= 15 is 0 Å². The normalized spacial score (nSPS) is 13.4. The van der Waals surface area contributed by atoms with Crippen molar-refractivity contribution in [1.29, 1.82) is 5.26 Å². The van der Waals surface area contributed by atoms with Crippen LogP contribution in [-0.2, 0) is 14.3 Å². The van der Waals surface area contributed by atoms with Gasteiger partial charge in [-0.15, -0.1) is 0 Å². The van der Waals surface area contributed by atoms with Crippen molar-refractivity contribution in [2.45, 2.75) is 58.5 Å². The minimum absolute atomic E-state index is 0.218. The number of nitriles is 1. The van der Waals surface area contributed by atoms with E-state index in [4.69, 9.17) is 5.26 Å². The molecular formula is C15H23NO4. The molecule has 5 nitrogen and oxygen atoms in total. The van der Waals surface area contributed by atoms with Crippen LogP contribution in [0.2, 0.25) is 0 Å². The van der Waals surface area contributed by atoms with Crippen molar-refractivity contribution in [2.24, 2.45) is 5.92 Å². The first-order chi connectivity index (χ1) is 9.20. The molecule has 5 heteroatoms. The summed E-state index contributed by atoms with van der Waals surface area (Å²) in [6.07, 6.45) is 3.93. The van der Waals surface area contributed by atoms with E-state index in [-0.39, 0.29) is 6.42 Å². The van der Waals surface area contributed by atoms with Crippen LogP contribution in [0.15, 0.2) is 12.2 Å². The molecular weight excluding hydrogens is 258 g/mol. The minimum Gasteiger partial charge on any atom is -0.387 e. The molecule has 0 heterocycles. The van der Waals surface area contributed by atoms with Crippen molar-refractivity contribution in [2.75, 3.05) is 0 Å². The van der Waals surface area contributed by atoms with Gasteiger partial charge < -0.3 is 9.84 Å². The van der Waals surface area contributed by atoms with Crippen molar-refractivity contribution in [1.82, 2.24) is 0 Å². The van der Waals surface area contributed by atoms with E-state index in [9.17, 15) is 14.7 Å². The number of ether oxygens (including phenoxy) is 1. The van der Waals surface area contributed by atoms with Crippen LogP contribution in [0.25, 0.3) is 0 Å². The van der Waals surface area contributed by atoms with Gasteiger partial charge in [0.2, 0.25) is 0 Å². The number of carbonyl (C=O) groups is 2. The molecule has 0 aromatic heterocycles. The van der Waals surface area contributed by atoms with Crippen LogP contribution in [0.1, 0.15) is 52.9 Å². The minimum atomic E-state index is -1.72. The van der Waals surface area contributed by atoms with E-state index in [1.54, 1.807) is 0 Å². The van der Waals surface area contributed by atoms with Gasteiger partial charge in [-0.2, -0.15) is 5.26 Å². The van der Waals surface area contributed by atoms with Crippen LogP contribution in [-0.4, -0.2) is 22.6 Å². The molecule has 0 radical (unpaired) electrons. The van der Waals surface area contributed by atoms with Crippen LogP contribution < -0.4 is 0 Å². The van der Waals surface area contributed by atoms with Crippen molar-refractivity contribution in [3.05, 3.63) is 12.2 Å². The topological polar surface area (TPSA) is 87.4 Å².